The van der Waals surface area contributed by atoms with Crippen LogP contribution in [0.3, 0.4) is 0 Å². The molecule has 0 amide bonds. The van der Waals surface area contributed by atoms with Crippen LogP contribution in [0.1, 0.15) is 6.92 Å². The van der Waals surface area contributed by atoms with Crippen LogP contribution in [0.25, 0.3) is 32.9 Å². The van der Waals surface area contributed by atoms with E-state index < -0.39 is 0 Å². The number of nitrogens with zero attached hydrogens (tertiary/aromatic N) is 1. The second-order valence-electron chi connectivity index (χ2n) is 5.54. The third kappa shape index (κ3) is 1.88. The lowest BCUT2D eigenvalue weighted by Crippen LogP contribution is -1.92. The molecular formula is C20H17NO. The molecule has 0 aliphatic heterocycles. The number of fused-ring (bicyclic) bond motifs is 3. The minimum absolute atomic E-state index is 0.299. The molecule has 1 N–H and O–H groups in total. The van der Waals surface area contributed by atoms with Crippen molar-refractivity contribution in [3.63, 3.8) is 0 Å². The van der Waals surface area contributed by atoms with E-state index >= 15 is 0 Å². The van der Waals surface area contributed by atoms with Gasteiger partial charge in [0.2, 0.25) is 0 Å². The third-order valence-corrected chi connectivity index (χ3v) is 4.29. The highest BCUT2D eigenvalue weighted by atomic mass is 16.3. The van der Waals surface area contributed by atoms with Gasteiger partial charge in [-0.2, -0.15) is 0 Å². The van der Waals surface area contributed by atoms with Gasteiger partial charge in [-0.25, -0.2) is 0 Å². The minimum atomic E-state index is 0.299. The van der Waals surface area contributed by atoms with Crippen LogP contribution >= 0.6 is 0 Å². The molecule has 4 aromatic rings. The quantitative estimate of drug-likeness (QED) is 0.539. The Balaban J connectivity index is 2.01. The molecule has 0 fully saturated rings. The summed E-state index contributed by atoms with van der Waals surface area (Å²) in [5, 5.41) is 12.0. The Bertz CT molecular complexity index is 964. The summed E-state index contributed by atoms with van der Waals surface area (Å²) in [6.45, 7) is 3.13. The second-order valence-corrected chi connectivity index (χ2v) is 5.54. The zero-order chi connectivity index (χ0) is 15.1. The lowest BCUT2D eigenvalue weighted by atomic mass is 10.0. The first kappa shape index (κ1) is 13.0. The van der Waals surface area contributed by atoms with Crippen LogP contribution in [0.2, 0.25) is 0 Å². The molecule has 0 aliphatic carbocycles. The predicted octanol–water partition coefficient (Wildman–Crippen LogP) is 5.19. The third-order valence-electron chi connectivity index (χ3n) is 4.29. The van der Waals surface area contributed by atoms with Gasteiger partial charge in [0.15, 0.2) is 0 Å². The Labute approximate surface area is 129 Å². The summed E-state index contributed by atoms with van der Waals surface area (Å²) in [7, 11) is 0. The van der Waals surface area contributed by atoms with Gasteiger partial charge >= 0.3 is 0 Å². The summed E-state index contributed by atoms with van der Waals surface area (Å²) in [5.74, 6) is 0.299. The topological polar surface area (TPSA) is 25.2 Å². The van der Waals surface area contributed by atoms with E-state index in [1.165, 1.54) is 27.4 Å². The number of phenolic OH excluding ortho intramolecular Hbond substituents is 1. The van der Waals surface area contributed by atoms with Gasteiger partial charge in [-0.3, -0.25) is 0 Å². The lowest BCUT2D eigenvalue weighted by molar-refractivity contribution is 0.475. The lowest BCUT2D eigenvalue weighted by Gasteiger charge is -2.06. The molecule has 22 heavy (non-hydrogen) atoms. The molecule has 1 heterocycles. The van der Waals surface area contributed by atoms with Crippen molar-refractivity contribution >= 4 is 21.8 Å². The van der Waals surface area contributed by atoms with E-state index in [9.17, 15) is 5.11 Å². The van der Waals surface area contributed by atoms with Crippen LogP contribution in [-0.2, 0) is 6.54 Å². The van der Waals surface area contributed by atoms with E-state index in [-0.39, 0.29) is 0 Å². The number of benzene rings is 3. The minimum Gasteiger partial charge on any atom is -0.508 e. The van der Waals surface area contributed by atoms with E-state index in [1.54, 1.807) is 12.1 Å². The highest BCUT2D eigenvalue weighted by Crippen LogP contribution is 2.32. The van der Waals surface area contributed by atoms with E-state index in [0.717, 1.165) is 12.1 Å². The number of phenols is 1. The normalized spacial score (nSPS) is 11.3. The maximum atomic E-state index is 9.45. The Kier molecular flexibility index (Phi) is 2.90. The van der Waals surface area contributed by atoms with Gasteiger partial charge < -0.3 is 9.67 Å². The molecule has 0 radical (unpaired) electrons. The van der Waals surface area contributed by atoms with E-state index in [2.05, 4.69) is 54.0 Å². The van der Waals surface area contributed by atoms with Gasteiger partial charge in [0.05, 0.1) is 0 Å². The largest absolute Gasteiger partial charge is 0.508 e. The fraction of sp³-hybridized carbons (Fsp3) is 0.100. The van der Waals surface area contributed by atoms with Crippen molar-refractivity contribution in [2.75, 3.05) is 0 Å². The predicted molar refractivity (Wildman–Crippen MR) is 92.2 cm³/mol. The molecule has 108 valence electrons. The van der Waals surface area contributed by atoms with Gasteiger partial charge in [0.25, 0.3) is 0 Å². The molecular weight excluding hydrogens is 270 g/mol. The maximum Gasteiger partial charge on any atom is 0.115 e. The van der Waals surface area contributed by atoms with Gasteiger partial charge in [-0.1, -0.05) is 42.5 Å². The van der Waals surface area contributed by atoms with Crippen LogP contribution in [0.15, 0.2) is 66.7 Å². The Morgan fingerprint density at radius 1 is 0.773 bits per heavy atom. The Morgan fingerprint density at radius 3 is 2.23 bits per heavy atom. The van der Waals surface area contributed by atoms with Crippen molar-refractivity contribution in [3.8, 4) is 16.9 Å². The first-order valence-corrected chi connectivity index (χ1v) is 7.58. The molecule has 0 spiro atoms. The molecule has 0 saturated heterocycles. The van der Waals surface area contributed by atoms with Gasteiger partial charge in [0.1, 0.15) is 5.75 Å². The zero-order valence-corrected chi connectivity index (χ0v) is 12.5. The highest BCUT2D eigenvalue weighted by molar-refractivity contribution is 6.09. The number of hydrogen-bond donors (Lipinski definition) is 1. The van der Waals surface area contributed by atoms with E-state index in [0.29, 0.717) is 5.75 Å². The fourth-order valence-electron chi connectivity index (χ4n) is 3.22. The summed E-state index contributed by atoms with van der Waals surface area (Å²) in [6, 6.07) is 22.5. The van der Waals surface area contributed by atoms with Crippen molar-refractivity contribution in [3.05, 3.63) is 66.7 Å². The number of para-hydroxylation sites is 1. The highest BCUT2D eigenvalue weighted by Gasteiger charge is 2.10. The van der Waals surface area contributed by atoms with Crippen molar-refractivity contribution < 1.29 is 5.11 Å². The van der Waals surface area contributed by atoms with E-state index in [1.807, 2.05) is 12.1 Å². The number of hydrogen-bond acceptors (Lipinski definition) is 1. The summed E-state index contributed by atoms with van der Waals surface area (Å²) >= 11 is 0. The van der Waals surface area contributed by atoms with E-state index in [4.69, 9.17) is 0 Å². The SMILES string of the molecule is CCn1c2ccccc2c2ccc(-c3ccc(O)cc3)cc21. The van der Waals surface area contributed by atoms with Crippen molar-refractivity contribution in [2.45, 2.75) is 13.5 Å². The maximum absolute atomic E-state index is 9.45. The first-order valence-electron chi connectivity index (χ1n) is 7.58. The number of rotatable bonds is 2. The molecule has 0 atom stereocenters. The van der Waals surface area contributed by atoms with Crippen LogP contribution in [-0.4, -0.2) is 9.67 Å². The number of aromatic hydroxyl groups is 1. The molecule has 4 rings (SSSR count). The molecule has 3 aromatic carbocycles. The second kappa shape index (κ2) is 4.92. The summed E-state index contributed by atoms with van der Waals surface area (Å²) in [6.07, 6.45) is 0. The average molecular weight is 287 g/mol. The van der Waals surface area contributed by atoms with Crippen LogP contribution in [0, 0.1) is 0 Å². The van der Waals surface area contributed by atoms with Gasteiger partial charge in [-0.15, -0.1) is 0 Å². The Hall–Kier alpha value is -2.74. The fourth-order valence-corrected chi connectivity index (χ4v) is 3.22. The van der Waals surface area contributed by atoms with Crippen molar-refractivity contribution in [1.29, 1.82) is 0 Å². The molecule has 2 nitrogen and oxygen atoms in total. The summed E-state index contributed by atoms with van der Waals surface area (Å²) < 4.78 is 2.36. The first-order chi connectivity index (χ1) is 10.8. The average Bonchev–Trinajstić information content (AvgIpc) is 2.88. The molecule has 0 bridgehead atoms. The van der Waals surface area contributed by atoms with Crippen LogP contribution in [0.5, 0.6) is 5.75 Å². The summed E-state index contributed by atoms with van der Waals surface area (Å²) in [5.41, 5.74) is 4.83. The molecule has 0 unspecified atom stereocenters. The van der Waals surface area contributed by atoms with Crippen LogP contribution < -0.4 is 0 Å². The van der Waals surface area contributed by atoms with Gasteiger partial charge in [-0.05, 0) is 42.3 Å². The van der Waals surface area contributed by atoms with Crippen molar-refractivity contribution in [2.24, 2.45) is 0 Å². The smallest absolute Gasteiger partial charge is 0.115 e. The monoisotopic (exact) mass is 287 g/mol. The molecule has 1 aromatic heterocycles. The molecule has 0 aliphatic rings. The van der Waals surface area contributed by atoms with Gasteiger partial charge in [0, 0.05) is 28.4 Å². The Morgan fingerprint density at radius 2 is 1.45 bits per heavy atom. The summed E-state index contributed by atoms with van der Waals surface area (Å²) in [4.78, 5) is 0. The van der Waals surface area contributed by atoms with Crippen LogP contribution in [0.4, 0.5) is 0 Å². The molecule has 0 saturated carbocycles. The van der Waals surface area contributed by atoms with Crippen molar-refractivity contribution in [1.82, 2.24) is 4.57 Å². The number of aromatic nitrogens is 1. The molecule has 2 heteroatoms. The zero-order valence-electron chi connectivity index (χ0n) is 12.5. The standard InChI is InChI=1S/C20H17NO/c1-2-21-19-6-4-3-5-17(19)18-12-9-15(13-20(18)21)14-7-10-16(22)11-8-14/h3-13,22H,2H2,1H3. The number of aryl methyl sites for hydroxylation is 1.